The topological polar surface area (TPSA) is 83.4 Å². The highest BCUT2D eigenvalue weighted by atomic mass is 32.1. The molecule has 0 aromatic carbocycles. The van der Waals surface area contributed by atoms with E-state index in [1.807, 2.05) is 0 Å². The van der Waals surface area contributed by atoms with Crippen LogP contribution < -0.4 is 0 Å². The number of hydrogen-bond donors (Lipinski definition) is 1. The molecule has 0 spiro atoms. The summed E-state index contributed by atoms with van der Waals surface area (Å²) in [6, 6.07) is 0. The lowest BCUT2D eigenvalue weighted by Gasteiger charge is -2.18. The van der Waals surface area contributed by atoms with Gasteiger partial charge in [-0.05, 0) is 30.3 Å². The Morgan fingerprint density at radius 3 is 2.81 bits per heavy atom. The molecule has 1 aromatic heterocycles. The van der Waals surface area contributed by atoms with E-state index in [4.69, 9.17) is 5.11 Å². The van der Waals surface area contributed by atoms with Gasteiger partial charge < -0.3 is 10.0 Å². The molecule has 0 atom stereocenters. The Balaban J connectivity index is 2.04. The van der Waals surface area contributed by atoms with Crippen molar-refractivity contribution in [1.82, 2.24) is 14.5 Å². The fourth-order valence-electron chi connectivity index (χ4n) is 1.41. The molecular weight excluding hydrogens is 230 g/mol. The number of carboxylic acid groups (broad SMARTS) is 1. The van der Waals surface area contributed by atoms with Crippen LogP contribution in [0.2, 0.25) is 0 Å². The van der Waals surface area contributed by atoms with E-state index in [0.29, 0.717) is 12.5 Å². The third-order valence-corrected chi connectivity index (χ3v) is 2.87. The van der Waals surface area contributed by atoms with Gasteiger partial charge in [0.1, 0.15) is 6.54 Å². The summed E-state index contributed by atoms with van der Waals surface area (Å²) in [6.07, 6.45) is 2.14. The zero-order valence-electron chi connectivity index (χ0n) is 8.50. The molecule has 16 heavy (non-hydrogen) atoms. The second kappa shape index (κ2) is 4.56. The molecule has 1 aliphatic carbocycles. The number of aliphatic carboxylic acids is 1. The number of aromatic nitrogens is 2. The summed E-state index contributed by atoms with van der Waals surface area (Å²) in [5.74, 6) is -0.893. The first kappa shape index (κ1) is 11.0. The number of nitrogens with zero attached hydrogens (tertiary/aromatic N) is 3. The van der Waals surface area contributed by atoms with Gasteiger partial charge in [0.2, 0.25) is 0 Å². The highest BCUT2D eigenvalue weighted by molar-refractivity contribution is 7.03. The first-order valence-electron chi connectivity index (χ1n) is 4.95. The van der Waals surface area contributed by atoms with Crippen LogP contribution in [0.25, 0.3) is 0 Å². The van der Waals surface area contributed by atoms with Gasteiger partial charge in [-0.2, -0.15) is 0 Å². The van der Waals surface area contributed by atoms with Crippen molar-refractivity contribution in [2.45, 2.75) is 12.8 Å². The molecule has 1 heterocycles. The quantitative estimate of drug-likeness (QED) is 0.810. The molecule has 0 aliphatic heterocycles. The van der Waals surface area contributed by atoms with Crippen molar-refractivity contribution >= 4 is 23.4 Å². The van der Waals surface area contributed by atoms with Crippen LogP contribution in [-0.2, 0) is 4.79 Å². The largest absolute Gasteiger partial charge is 0.480 e. The van der Waals surface area contributed by atoms with Crippen molar-refractivity contribution in [3.05, 3.63) is 11.1 Å². The van der Waals surface area contributed by atoms with Crippen LogP contribution in [0.3, 0.4) is 0 Å². The molecular formula is C9H11N3O3S. The number of hydrogen-bond acceptors (Lipinski definition) is 5. The van der Waals surface area contributed by atoms with Crippen molar-refractivity contribution < 1.29 is 14.7 Å². The van der Waals surface area contributed by atoms with Crippen molar-refractivity contribution in [3.63, 3.8) is 0 Å². The van der Waals surface area contributed by atoms with Gasteiger partial charge in [-0.1, -0.05) is 4.49 Å². The Kier molecular flexibility index (Phi) is 3.14. The fourth-order valence-corrected chi connectivity index (χ4v) is 1.84. The molecule has 1 aromatic rings. The molecule has 1 amide bonds. The summed E-state index contributed by atoms with van der Waals surface area (Å²) in [6.45, 7) is 0.232. The maximum Gasteiger partial charge on any atom is 0.323 e. The molecule has 1 fully saturated rings. The Labute approximate surface area is 96.0 Å². The zero-order chi connectivity index (χ0) is 11.5. The number of carbonyl (C=O) groups is 2. The Bertz CT molecular complexity index is 389. The second-order valence-corrected chi connectivity index (χ2v) is 4.42. The van der Waals surface area contributed by atoms with Crippen LogP contribution in [0.15, 0.2) is 5.38 Å². The lowest BCUT2D eigenvalue weighted by molar-refractivity contribution is -0.137. The van der Waals surface area contributed by atoms with Crippen molar-refractivity contribution in [3.8, 4) is 0 Å². The normalized spacial score (nSPS) is 14.8. The number of rotatable bonds is 5. The second-order valence-electron chi connectivity index (χ2n) is 3.81. The molecule has 0 saturated heterocycles. The number of amides is 1. The fraction of sp³-hybridized carbons (Fsp3) is 0.556. The van der Waals surface area contributed by atoms with Gasteiger partial charge in [-0.3, -0.25) is 9.59 Å². The molecule has 0 radical (unpaired) electrons. The molecule has 1 N–H and O–H groups in total. The third-order valence-electron chi connectivity index (χ3n) is 2.37. The summed E-state index contributed by atoms with van der Waals surface area (Å²) in [5, 5.41) is 13.9. The SMILES string of the molecule is O=C(O)CN(CC1CC1)C(=O)c1csnn1. The van der Waals surface area contributed by atoms with Gasteiger partial charge in [0, 0.05) is 11.9 Å². The van der Waals surface area contributed by atoms with E-state index in [9.17, 15) is 9.59 Å². The molecule has 6 nitrogen and oxygen atoms in total. The third kappa shape index (κ3) is 2.75. The Morgan fingerprint density at radius 2 is 2.31 bits per heavy atom. The van der Waals surface area contributed by atoms with E-state index in [1.165, 1.54) is 10.3 Å². The van der Waals surface area contributed by atoms with Crippen LogP contribution in [0.5, 0.6) is 0 Å². The van der Waals surface area contributed by atoms with Gasteiger partial charge in [0.05, 0.1) is 0 Å². The number of carbonyl (C=O) groups excluding carboxylic acids is 1. The van der Waals surface area contributed by atoms with Crippen LogP contribution in [-0.4, -0.2) is 44.6 Å². The molecule has 1 aliphatic rings. The summed E-state index contributed by atoms with van der Waals surface area (Å²) < 4.78 is 3.60. The van der Waals surface area contributed by atoms with E-state index < -0.39 is 5.97 Å². The Hall–Kier alpha value is -1.50. The molecule has 86 valence electrons. The Morgan fingerprint density at radius 1 is 1.56 bits per heavy atom. The monoisotopic (exact) mass is 241 g/mol. The lowest BCUT2D eigenvalue weighted by atomic mass is 10.3. The standard InChI is InChI=1S/C9H11N3O3S/c13-8(14)4-12(3-6-1-2-6)9(15)7-5-16-11-10-7/h5-6H,1-4H2,(H,13,14). The van der Waals surface area contributed by atoms with E-state index in [2.05, 4.69) is 9.59 Å². The van der Waals surface area contributed by atoms with Crippen LogP contribution >= 0.6 is 11.5 Å². The van der Waals surface area contributed by atoms with Crippen LogP contribution in [0, 0.1) is 5.92 Å². The number of carboxylic acids is 1. The van der Waals surface area contributed by atoms with Crippen molar-refractivity contribution in [2.75, 3.05) is 13.1 Å². The first-order valence-corrected chi connectivity index (χ1v) is 5.78. The van der Waals surface area contributed by atoms with E-state index >= 15 is 0 Å². The highest BCUT2D eigenvalue weighted by Gasteiger charge is 2.29. The van der Waals surface area contributed by atoms with Gasteiger partial charge in [0.25, 0.3) is 5.91 Å². The van der Waals surface area contributed by atoms with Crippen molar-refractivity contribution in [1.29, 1.82) is 0 Å². The molecule has 7 heteroatoms. The lowest BCUT2D eigenvalue weighted by Crippen LogP contribution is -2.37. The van der Waals surface area contributed by atoms with Gasteiger partial charge in [0.15, 0.2) is 5.69 Å². The van der Waals surface area contributed by atoms with Crippen LogP contribution in [0.1, 0.15) is 23.3 Å². The van der Waals surface area contributed by atoms with E-state index in [1.54, 1.807) is 0 Å². The minimum Gasteiger partial charge on any atom is -0.480 e. The predicted octanol–water partition coefficient (Wildman–Crippen LogP) is 0.475. The van der Waals surface area contributed by atoms with Crippen LogP contribution in [0.4, 0.5) is 0 Å². The average molecular weight is 241 g/mol. The minimum atomic E-state index is -1.00. The highest BCUT2D eigenvalue weighted by Crippen LogP contribution is 2.30. The minimum absolute atomic E-state index is 0.229. The van der Waals surface area contributed by atoms with Gasteiger partial charge in [-0.15, -0.1) is 5.10 Å². The molecule has 1 saturated carbocycles. The molecule has 2 rings (SSSR count). The maximum atomic E-state index is 11.9. The summed E-state index contributed by atoms with van der Waals surface area (Å²) in [5.41, 5.74) is 0.229. The summed E-state index contributed by atoms with van der Waals surface area (Å²) >= 11 is 1.08. The smallest absolute Gasteiger partial charge is 0.323 e. The van der Waals surface area contributed by atoms with E-state index in [0.717, 1.165) is 24.4 Å². The predicted molar refractivity (Wildman–Crippen MR) is 56.2 cm³/mol. The zero-order valence-corrected chi connectivity index (χ0v) is 9.31. The molecule has 0 bridgehead atoms. The van der Waals surface area contributed by atoms with Crippen molar-refractivity contribution in [2.24, 2.45) is 5.92 Å². The maximum absolute atomic E-state index is 11.9. The summed E-state index contributed by atoms with van der Waals surface area (Å²) in [4.78, 5) is 23.9. The van der Waals surface area contributed by atoms with E-state index in [-0.39, 0.29) is 18.1 Å². The molecule has 0 unspecified atom stereocenters. The van der Waals surface area contributed by atoms with Gasteiger partial charge >= 0.3 is 5.97 Å². The summed E-state index contributed by atoms with van der Waals surface area (Å²) in [7, 11) is 0. The van der Waals surface area contributed by atoms with Gasteiger partial charge in [-0.25, -0.2) is 0 Å². The average Bonchev–Trinajstić information content (AvgIpc) is 2.88. The first-order chi connectivity index (χ1) is 7.66.